The van der Waals surface area contributed by atoms with Crippen LogP contribution in [0.25, 0.3) is 0 Å². The first-order chi connectivity index (χ1) is 11.0. The molecule has 1 saturated carbocycles. The maximum Gasteiger partial charge on any atom is 0.188 e. The second kappa shape index (κ2) is 5.89. The van der Waals surface area contributed by atoms with Gasteiger partial charge in [0, 0.05) is 12.8 Å². The maximum atomic E-state index is 13.3. The number of sulfone groups is 1. The first-order valence-electron chi connectivity index (χ1n) is 7.53. The maximum absolute atomic E-state index is 13.3. The molecule has 0 spiro atoms. The second-order valence-corrected chi connectivity index (χ2v) is 8.12. The van der Waals surface area contributed by atoms with Gasteiger partial charge in [0.2, 0.25) is 0 Å². The highest BCUT2D eigenvalue weighted by molar-refractivity contribution is 7.92. The highest BCUT2D eigenvalue weighted by Gasteiger charge is 2.48. The van der Waals surface area contributed by atoms with Crippen molar-refractivity contribution in [3.8, 4) is 0 Å². The SMILES string of the molecule is O=C1CCC(c2ccc(F)cc2)(S(=O)(=O)c2ccccc2)CC1. The minimum Gasteiger partial charge on any atom is -0.300 e. The molecular formula is C18H17FO3S. The van der Waals surface area contributed by atoms with Crippen molar-refractivity contribution >= 4 is 15.6 Å². The van der Waals surface area contributed by atoms with Crippen LogP contribution in [0.2, 0.25) is 0 Å². The van der Waals surface area contributed by atoms with E-state index < -0.39 is 20.4 Å². The first kappa shape index (κ1) is 15.9. The molecule has 0 amide bonds. The fourth-order valence-electron chi connectivity index (χ4n) is 3.22. The zero-order chi connectivity index (χ0) is 16.5. The van der Waals surface area contributed by atoms with Crippen LogP contribution in [-0.4, -0.2) is 14.2 Å². The smallest absolute Gasteiger partial charge is 0.188 e. The predicted molar refractivity (Wildman–Crippen MR) is 85.2 cm³/mol. The van der Waals surface area contributed by atoms with Crippen LogP contribution >= 0.6 is 0 Å². The Balaban J connectivity index is 2.17. The topological polar surface area (TPSA) is 51.2 Å². The molecule has 0 atom stereocenters. The van der Waals surface area contributed by atoms with E-state index in [-0.39, 0.29) is 36.4 Å². The molecule has 0 bridgehead atoms. The van der Waals surface area contributed by atoms with Gasteiger partial charge in [0.25, 0.3) is 0 Å². The van der Waals surface area contributed by atoms with Crippen molar-refractivity contribution < 1.29 is 17.6 Å². The van der Waals surface area contributed by atoms with Gasteiger partial charge in [-0.2, -0.15) is 0 Å². The second-order valence-electron chi connectivity index (χ2n) is 5.86. The highest BCUT2D eigenvalue weighted by Crippen LogP contribution is 2.46. The van der Waals surface area contributed by atoms with Crippen molar-refractivity contribution in [2.24, 2.45) is 0 Å². The normalized spacial score (nSPS) is 17.9. The van der Waals surface area contributed by atoms with Gasteiger partial charge in [-0.05, 0) is 42.7 Å². The lowest BCUT2D eigenvalue weighted by atomic mass is 9.82. The lowest BCUT2D eigenvalue weighted by Crippen LogP contribution is -2.40. The van der Waals surface area contributed by atoms with E-state index in [9.17, 15) is 17.6 Å². The van der Waals surface area contributed by atoms with Crippen molar-refractivity contribution in [2.45, 2.75) is 35.3 Å². The van der Waals surface area contributed by atoms with Gasteiger partial charge in [-0.25, -0.2) is 12.8 Å². The van der Waals surface area contributed by atoms with Crippen molar-refractivity contribution in [1.29, 1.82) is 0 Å². The number of benzene rings is 2. The third-order valence-electron chi connectivity index (χ3n) is 4.55. The standard InChI is InChI=1S/C18H17FO3S/c19-15-8-6-14(7-9-15)18(12-10-16(20)11-13-18)23(21,22)17-4-2-1-3-5-17/h1-9H,10-13H2. The fourth-order valence-corrected chi connectivity index (χ4v) is 5.38. The van der Waals surface area contributed by atoms with Crippen LogP contribution < -0.4 is 0 Å². The Morgan fingerprint density at radius 3 is 2.00 bits per heavy atom. The molecule has 5 heteroatoms. The van der Waals surface area contributed by atoms with Crippen LogP contribution in [0, 0.1) is 5.82 Å². The van der Waals surface area contributed by atoms with E-state index in [1.54, 1.807) is 30.3 Å². The van der Waals surface area contributed by atoms with Crippen molar-refractivity contribution in [3.63, 3.8) is 0 Å². The summed E-state index contributed by atoms with van der Waals surface area (Å²) in [6.07, 6.45) is 0.913. The quantitative estimate of drug-likeness (QED) is 0.862. The van der Waals surface area contributed by atoms with Crippen molar-refractivity contribution in [2.75, 3.05) is 0 Å². The molecule has 2 aromatic rings. The summed E-state index contributed by atoms with van der Waals surface area (Å²) in [4.78, 5) is 11.9. The van der Waals surface area contributed by atoms with Gasteiger partial charge in [-0.3, -0.25) is 4.79 Å². The van der Waals surface area contributed by atoms with Gasteiger partial charge in [-0.15, -0.1) is 0 Å². The summed E-state index contributed by atoms with van der Waals surface area (Å²) in [7, 11) is -3.69. The fraction of sp³-hybridized carbons (Fsp3) is 0.278. The summed E-state index contributed by atoms with van der Waals surface area (Å²) in [5, 5.41) is 0. The van der Waals surface area contributed by atoms with E-state index in [1.165, 1.54) is 24.3 Å². The summed E-state index contributed by atoms with van der Waals surface area (Å²) in [6, 6.07) is 13.8. The van der Waals surface area contributed by atoms with Crippen LogP contribution in [0.1, 0.15) is 31.2 Å². The van der Waals surface area contributed by atoms with E-state index in [0.717, 1.165) is 0 Å². The molecule has 3 nitrogen and oxygen atoms in total. The molecule has 1 aliphatic carbocycles. The lowest BCUT2D eigenvalue weighted by molar-refractivity contribution is -0.120. The minimum atomic E-state index is -3.69. The van der Waals surface area contributed by atoms with E-state index in [4.69, 9.17) is 0 Å². The molecule has 3 rings (SSSR count). The molecule has 0 N–H and O–H groups in total. The van der Waals surface area contributed by atoms with Crippen LogP contribution in [-0.2, 0) is 19.4 Å². The number of halogens is 1. The third kappa shape index (κ3) is 2.70. The Morgan fingerprint density at radius 1 is 0.870 bits per heavy atom. The molecule has 0 saturated heterocycles. The van der Waals surface area contributed by atoms with E-state index in [0.29, 0.717) is 5.56 Å². The number of hydrogen-bond acceptors (Lipinski definition) is 3. The molecule has 120 valence electrons. The highest BCUT2D eigenvalue weighted by atomic mass is 32.2. The Kier molecular flexibility index (Phi) is 4.06. The number of carbonyl (C=O) groups excluding carboxylic acids is 1. The summed E-state index contributed by atoms with van der Waals surface area (Å²) in [5.74, 6) is -0.334. The Hall–Kier alpha value is -2.01. The summed E-state index contributed by atoms with van der Waals surface area (Å²) >= 11 is 0. The monoisotopic (exact) mass is 332 g/mol. The Morgan fingerprint density at radius 2 is 1.43 bits per heavy atom. The zero-order valence-corrected chi connectivity index (χ0v) is 13.4. The van der Waals surface area contributed by atoms with Gasteiger partial charge >= 0.3 is 0 Å². The zero-order valence-electron chi connectivity index (χ0n) is 12.5. The van der Waals surface area contributed by atoms with E-state index >= 15 is 0 Å². The molecule has 0 aliphatic heterocycles. The van der Waals surface area contributed by atoms with Crippen LogP contribution in [0.4, 0.5) is 4.39 Å². The van der Waals surface area contributed by atoms with Gasteiger partial charge < -0.3 is 0 Å². The van der Waals surface area contributed by atoms with Crippen LogP contribution in [0.3, 0.4) is 0 Å². The number of rotatable bonds is 3. The van der Waals surface area contributed by atoms with Crippen LogP contribution in [0.5, 0.6) is 0 Å². The first-order valence-corrected chi connectivity index (χ1v) is 9.01. The van der Waals surface area contributed by atoms with Crippen LogP contribution in [0.15, 0.2) is 59.5 Å². The van der Waals surface area contributed by atoms with Gasteiger partial charge in [0.1, 0.15) is 16.3 Å². The summed E-state index contributed by atoms with van der Waals surface area (Å²) in [6.45, 7) is 0. The van der Waals surface area contributed by atoms with Gasteiger partial charge in [0.05, 0.1) is 4.90 Å². The van der Waals surface area contributed by atoms with E-state index in [1.807, 2.05) is 0 Å². The Labute approximate surface area is 135 Å². The van der Waals surface area contributed by atoms with Crippen molar-refractivity contribution in [3.05, 3.63) is 66.0 Å². The Bertz CT molecular complexity index is 801. The average molecular weight is 332 g/mol. The number of hydrogen-bond donors (Lipinski definition) is 0. The molecule has 0 aromatic heterocycles. The predicted octanol–water partition coefficient (Wildman–Crippen LogP) is 3.64. The number of ketones is 1. The van der Waals surface area contributed by atoms with E-state index in [2.05, 4.69) is 0 Å². The molecule has 2 aromatic carbocycles. The molecular weight excluding hydrogens is 315 g/mol. The average Bonchev–Trinajstić information content (AvgIpc) is 2.57. The van der Waals surface area contributed by atoms with Gasteiger partial charge in [0.15, 0.2) is 9.84 Å². The molecule has 23 heavy (non-hydrogen) atoms. The molecule has 0 unspecified atom stereocenters. The molecule has 0 radical (unpaired) electrons. The number of Topliss-reactive ketones (excluding diaryl/α,β-unsaturated/α-hetero) is 1. The third-order valence-corrected chi connectivity index (χ3v) is 7.12. The number of carbonyl (C=O) groups is 1. The minimum absolute atomic E-state index is 0.0750. The largest absolute Gasteiger partial charge is 0.300 e. The lowest BCUT2D eigenvalue weighted by Gasteiger charge is -2.36. The summed E-state index contributed by atoms with van der Waals surface area (Å²) in [5.41, 5.74) is 0.551. The molecule has 1 fully saturated rings. The molecule has 0 heterocycles. The molecule has 1 aliphatic rings. The van der Waals surface area contributed by atoms with Gasteiger partial charge in [-0.1, -0.05) is 30.3 Å². The summed E-state index contributed by atoms with van der Waals surface area (Å²) < 4.78 is 38.7. The van der Waals surface area contributed by atoms with Crippen molar-refractivity contribution in [1.82, 2.24) is 0 Å².